The lowest BCUT2D eigenvalue weighted by Gasteiger charge is -2.23. The summed E-state index contributed by atoms with van der Waals surface area (Å²) in [5, 5.41) is 8.86. The van der Waals surface area contributed by atoms with E-state index in [4.69, 9.17) is 5.26 Å². The van der Waals surface area contributed by atoms with Crippen LogP contribution >= 0.6 is 0 Å². The molecule has 0 fully saturated rings. The summed E-state index contributed by atoms with van der Waals surface area (Å²) < 4.78 is 66.8. The highest BCUT2D eigenvalue weighted by Crippen LogP contribution is 2.30. The van der Waals surface area contributed by atoms with Crippen LogP contribution in [0.5, 0.6) is 0 Å². The molecule has 1 aromatic carbocycles. The third-order valence-corrected chi connectivity index (χ3v) is 5.64. The first-order chi connectivity index (χ1) is 12.2. The third kappa shape index (κ3) is 3.89. The number of alkyl halides is 3. The van der Waals surface area contributed by atoms with Crippen molar-refractivity contribution in [1.82, 2.24) is 14.3 Å². The van der Waals surface area contributed by atoms with Gasteiger partial charge in [-0.2, -0.15) is 18.4 Å². The molecule has 1 aliphatic rings. The number of fused-ring (bicyclic) bond motifs is 1. The average Bonchev–Trinajstić information content (AvgIpc) is 3.04. The zero-order chi connectivity index (χ0) is 18.9. The normalized spacial score (nSPS) is 17.5. The Bertz CT molecular complexity index is 961. The number of nitrogens with one attached hydrogen (secondary N) is 1. The van der Waals surface area contributed by atoms with Crippen molar-refractivity contribution in [2.24, 2.45) is 5.92 Å². The number of sulfonamides is 1. The zero-order valence-corrected chi connectivity index (χ0v) is 14.3. The molecule has 26 heavy (non-hydrogen) atoms. The van der Waals surface area contributed by atoms with Crippen LogP contribution in [0, 0.1) is 17.2 Å². The topological polar surface area (TPSA) is 87.8 Å². The van der Waals surface area contributed by atoms with E-state index in [1.807, 2.05) is 6.07 Å². The Morgan fingerprint density at radius 1 is 1.38 bits per heavy atom. The number of nitriles is 1. The van der Waals surface area contributed by atoms with Crippen molar-refractivity contribution in [1.29, 1.82) is 5.26 Å². The molecule has 0 amide bonds. The Morgan fingerprint density at radius 2 is 2.15 bits per heavy atom. The first-order valence-electron chi connectivity index (χ1n) is 7.82. The maximum Gasteiger partial charge on any atom is 0.434 e. The van der Waals surface area contributed by atoms with Crippen LogP contribution < -0.4 is 4.72 Å². The largest absolute Gasteiger partial charge is 0.434 e. The lowest BCUT2D eigenvalue weighted by Crippen LogP contribution is -2.33. The maximum atomic E-state index is 12.7. The van der Waals surface area contributed by atoms with Crippen molar-refractivity contribution in [3.05, 3.63) is 47.5 Å². The van der Waals surface area contributed by atoms with Gasteiger partial charge >= 0.3 is 6.18 Å². The number of hydrogen-bond acceptors (Lipinski definition) is 4. The lowest BCUT2D eigenvalue weighted by molar-refractivity contribution is -0.141. The Morgan fingerprint density at radius 3 is 2.85 bits per heavy atom. The summed E-state index contributed by atoms with van der Waals surface area (Å²) in [5.41, 5.74) is -0.699. The molecule has 0 radical (unpaired) electrons. The number of aromatic nitrogens is 2. The smallest absolute Gasteiger partial charge is 0.334 e. The van der Waals surface area contributed by atoms with Gasteiger partial charge < -0.3 is 4.57 Å². The summed E-state index contributed by atoms with van der Waals surface area (Å²) >= 11 is 0. The standard InChI is InChI=1S/C16H15F3N4O2S/c17-16(18,19)14-10-23-9-12(4-5-15(23)22-14)8-21-26(24,25)13-3-1-2-11(6-13)7-20/h1-3,6,10,12,21H,4-5,8-9H2/t12-/m1/s1. The third-order valence-electron chi connectivity index (χ3n) is 4.22. The van der Waals surface area contributed by atoms with E-state index in [2.05, 4.69) is 9.71 Å². The average molecular weight is 384 g/mol. The van der Waals surface area contributed by atoms with E-state index >= 15 is 0 Å². The minimum atomic E-state index is -4.49. The van der Waals surface area contributed by atoms with Crippen molar-refractivity contribution in [2.75, 3.05) is 6.54 Å². The molecule has 2 aromatic rings. The van der Waals surface area contributed by atoms with E-state index in [1.54, 1.807) is 0 Å². The second-order valence-corrected chi connectivity index (χ2v) is 7.86. The number of nitrogens with zero attached hydrogens (tertiary/aromatic N) is 3. The van der Waals surface area contributed by atoms with Crippen LogP contribution in [0.1, 0.15) is 23.5 Å². The van der Waals surface area contributed by atoms with Crippen LogP contribution in [0.15, 0.2) is 35.4 Å². The molecule has 1 atom stereocenters. The fraction of sp³-hybridized carbons (Fsp3) is 0.375. The highest BCUT2D eigenvalue weighted by molar-refractivity contribution is 7.89. The van der Waals surface area contributed by atoms with Gasteiger partial charge in [0.25, 0.3) is 0 Å². The molecule has 6 nitrogen and oxygen atoms in total. The van der Waals surface area contributed by atoms with Crippen molar-refractivity contribution in [3.63, 3.8) is 0 Å². The number of benzene rings is 1. The molecule has 1 N–H and O–H groups in total. The predicted molar refractivity (Wildman–Crippen MR) is 85.4 cm³/mol. The summed E-state index contributed by atoms with van der Waals surface area (Å²) in [4.78, 5) is 3.58. The summed E-state index contributed by atoms with van der Waals surface area (Å²) in [6.07, 6.45) is -2.64. The molecule has 0 spiro atoms. The zero-order valence-electron chi connectivity index (χ0n) is 13.5. The van der Waals surface area contributed by atoms with Gasteiger partial charge in [-0.15, -0.1) is 0 Å². The van der Waals surface area contributed by atoms with E-state index < -0.39 is 21.9 Å². The number of hydrogen-bond donors (Lipinski definition) is 1. The molecule has 10 heteroatoms. The van der Waals surface area contributed by atoms with Gasteiger partial charge in [-0.05, 0) is 30.5 Å². The Labute approximate surface area is 148 Å². The molecule has 0 unspecified atom stereocenters. The van der Waals surface area contributed by atoms with Gasteiger partial charge in [0.05, 0.1) is 16.5 Å². The molecule has 0 aliphatic carbocycles. The molecule has 1 aliphatic heterocycles. The van der Waals surface area contributed by atoms with Gasteiger partial charge in [-0.3, -0.25) is 0 Å². The molecule has 0 saturated carbocycles. The van der Waals surface area contributed by atoms with Crippen molar-refractivity contribution >= 4 is 10.0 Å². The first-order valence-corrected chi connectivity index (χ1v) is 9.30. The van der Waals surface area contributed by atoms with Crippen LogP contribution in [0.4, 0.5) is 13.2 Å². The van der Waals surface area contributed by atoms with Gasteiger partial charge in [-0.1, -0.05) is 6.07 Å². The van der Waals surface area contributed by atoms with Gasteiger partial charge in [0, 0.05) is 25.7 Å². The molecule has 3 rings (SSSR count). The predicted octanol–water partition coefficient (Wildman–Crippen LogP) is 2.31. The minimum absolute atomic E-state index is 0.0185. The van der Waals surface area contributed by atoms with Crippen molar-refractivity contribution < 1.29 is 21.6 Å². The molecule has 0 bridgehead atoms. The highest BCUT2D eigenvalue weighted by Gasteiger charge is 2.35. The molecule has 0 saturated heterocycles. The van der Waals surface area contributed by atoms with Gasteiger partial charge in [0.1, 0.15) is 5.82 Å². The SMILES string of the molecule is N#Cc1cccc(S(=O)(=O)NC[C@H]2CCc3nc(C(F)(F)F)cn3C2)c1. The second-order valence-electron chi connectivity index (χ2n) is 6.09. The number of rotatable bonds is 4. The Balaban J connectivity index is 1.67. The van der Waals surface area contributed by atoms with E-state index in [1.165, 1.54) is 28.8 Å². The fourth-order valence-corrected chi connectivity index (χ4v) is 4.02. The van der Waals surface area contributed by atoms with E-state index in [0.29, 0.717) is 18.7 Å². The second kappa shape index (κ2) is 6.74. The monoisotopic (exact) mass is 384 g/mol. The summed E-state index contributed by atoms with van der Waals surface area (Å²) in [6.45, 7) is 0.358. The minimum Gasteiger partial charge on any atom is -0.334 e. The molecular formula is C16H15F3N4O2S. The molecular weight excluding hydrogens is 369 g/mol. The number of imidazole rings is 1. The lowest BCUT2D eigenvalue weighted by atomic mass is 10.00. The number of halogens is 3. The van der Waals surface area contributed by atoms with Crippen LogP contribution in [0.25, 0.3) is 0 Å². The molecule has 2 heterocycles. The van der Waals surface area contributed by atoms with Crippen LogP contribution in [0.3, 0.4) is 0 Å². The quantitative estimate of drug-likeness (QED) is 0.876. The van der Waals surface area contributed by atoms with E-state index in [-0.39, 0.29) is 29.5 Å². The maximum absolute atomic E-state index is 12.7. The van der Waals surface area contributed by atoms with Crippen molar-refractivity contribution in [2.45, 2.75) is 30.5 Å². The highest BCUT2D eigenvalue weighted by atomic mass is 32.2. The van der Waals surface area contributed by atoms with E-state index in [0.717, 1.165) is 6.20 Å². The summed E-state index contributed by atoms with van der Waals surface area (Å²) in [7, 11) is -3.79. The van der Waals surface area contributed by atoms with Gasteiger partial charge in [-0.25, -0.2) is 18.1 Å². The molecule has 138 valence electrons. The summed E-state index contributed by atoms with van der Waals surface area (Å²) in [5.74, 6) is 0.213. The Hall–Kier alpha value is -2.38. The van der Waals surface area contributed by atoms with E-state index in [9.17, 15) is 21.6 Å². The van der Waals surface area contributed by atoms with Gasteiger partial charge in [0.2, 0.25) is 10.0 Å². The number of aryl methyl sites for hydroxylation is 1. The van der Waals surface area contributed by atoms with Gasteiger partial charge in [0.15, 0.2) is 5.69 Å². The fourth-order valence-electron chi connectivity index (χ4n) is 2.86. The van der Waals surface area contributed by atoms with Crippen molar-refractivity contribution in [3.8, 4) is 6.07 Å². The summed E-state index contributed by atoms with van der Waals surface area (Å²) in [6, 6.07) is 7.50. The van der Waals surface area contributed by atoms with Crippen LogP contribution in [0.2, 0.25) is 0 Å². The van der Waals surface area contributed by atoms with Crippen LogP contribution in [-0.4, -0.2) is 24.5 Å². The Kier molecular flexibility index (Phi) is 4.77. The molecule has 1 aromatic heterocycles. The first kappa shape index (κ1) is 18.4. The van der Waals surface area contributed by atoms with Crippen LogP contribution in [-0.2, 0) is 29.2 Å².